The van der Waals surface area contributed by atoms with Gasteiger partial charge < -0.3 is 14.7 Å². The van der Waals surface area contributed by atoms with Crippen LogP contribution < -0.4 is 4.74 Å². The number of hydrogen-bond acceptors (Lipinski definition) is 5. The molecule has 0 atom stereocenters. The third-order valence-electron chi connectivity index (χ3n) is 5.67. The highest BCUT2D eigenvalue weighted by Gasteiger charge is 2.12. The van der Waals surface area contributed by atoms with Crippen LogP contribution in [0.1, 0.15) is 6.42 Å². The van der Waals surface area contributed by atoms with Gasteiger partial charge in [-0.05, 0) is 62.5 Å². The number of pyridine rings is 2. The Kier molecular flexibility index (Phi) is 5.67. The number of aromatic hydroxyl groups is 1. The maximum Gasteiger partial charge on any atom is 0.213 e. The van der Waals surface area contributed by atoms with Gasteiger partial charge in [-0.1, -0.05) is 24.3 Å². The number of phenolic OH excluding ortho intramolecular Hbond substituents is 1. The summed E-state index contributed by atoms with van der Waals surface area (Å²) in [6.07, 6.45) is 4.91. The first-order chi connectivity index (χ1) is 16.1. The van der Waals surface area contributed by atoms with E-state index in [1.807, 2.05) is 48.7 Å². The fourth-order valence-electron chi connectivity index (χ4n) is 4.00. The van der Waals surface area contributed by atoms with Crippen molar-refractivity contribution in [1.29, 1.82) is 0 Å². The minimum absolute atomic E-state index is 0.254. The molecule has 0 aliphatic carbocycles. The molecule has 0 bridgehead atoms. The molecule has 0 radical (unpaired) electrons. The molecule has 6 heteroatoms. The summed E-state index contributed by atoms with van der Waals surface area (Å²) >= 11 is 0. The predicted molar refractivity (Wildman–Crippen MR) is 132 cm³/mol. The predicted octanol–water partition coefficient (Wildman–Crippen LogP) is 5.25. The molecule has 0 saturated carbocycles. The van der Waals surface area contributed by atoms with Crippen molar-refractivity contribution < 1.29 is 9.84 Å². The Morgan fingerprint density at radius 3 is 2.45 bits per heavy atom. The summed E-state index contributed by atoms with van der Waals surface area (Å²) in [6, 6.07) is 21.4. The molecule has 0 aliphatic rings. The topological polar surface area (TPSA) is 62.9 Å². The number of phenols is 1. The Balaban J connectivity index is 1.48. The molecule has 2 aromatic carbocycles. The molecular formula is C27H26N4O2. The lowest BCUT2D eigenvalue weighted by molar-refractivity contribution is 0.273. The van der Waals surface area contributed by atoms with Crippen molar-refractivity contribution in [2.75, 3.05) is 27.2 Å². The Morgan fingerprint density at radius 2 is 1.70 bits per heavy atom. The molecule has 0 amide bonds. The van der Waals surface area contributed by atoms with Crippen molar-refractivity contribution in [3.05, 3.63) is 79.1 Å². The van der Waals surface area contributed by atoms with Gasteiger partial charge in [0.25, 0.3) is 0 Å². The summed E-state index contributed by atoms with van der Waals surface area (Å²) in [5.41, 5.74) is 7.01. The fraction of sp³-hybridized carbons (Fsp3) is 0.185. The molecule has 3 aromatic heterocycles. The van der Waals surface area contributed by atoms with E-state index in [0.29, 0.717) is 12.5 Å². The summed E-state index contributed by atoms with van der Waals surface area (Å²) in [7, 11) is 4.11. The number of imidazole rings is 1. The van der Waals surface area contributed by atoms with Crippen LogP contribution in [-0.2, 0) is 0 Å². The van der Waals surface area contributed by atoms with Crippen LogP contribution in [0.25, 0.3) is 38.9 Å². The number of benzene rings is 2. The minimum atomic E-state index is 0.254. The molecule has 1 N–H and O–H groups in total. The molecule has 3 heterocycles. The third kappa shape index (κ3) is 4.38. The summed E-state index contributed by atoms with van der Waals surface area (Å²) in [4.78, 5) is 11.4. The first-order valence-electron chi connectivity index (χ1n) is 11.0. The molecule has 5 aromatic rings. The van der Waals surface area contributed by atoms with Gasteiger partial charge in [0.1, 0.15) is 11.4 Å². The first-order valence-corrected chi connectivity index (χ1v) is 11.0. The van der Waals surface area contributed by atoms with Crippen LogP contribution in [0.15, 0.2) is 79.1 Å². The van der Waals surface area contributed by atoms with Crippen molar-refractivity contribution in [3.8, 4) is 33.9 Å². The van der Waals surface area contributed by atoms with E-state index >= 15 is 0 Å². The third-order valence-corrected chi connectivity index (χ3v) is 5.67. The number of rotatable bonds is 7. The van der Waals surface area contributed by atoms with E-state index < -0.39 is 0 Å². The SMILES string of the molecule is CN(C)CCCOc1ccc(-c2ccc3nc4cccc(-c5ccc(O)cc5)c4n3c2)cn1. The van der Waals surface area contributed by atoms with Crippen molar-refractivity contribution in [2.24, 2.45) is 0 Å². The average Bonchev–Trinajstić information content (AvgIpc) is 3.21. The van der Waals surface area contributed by atoms with Crippen LogP contribution in [0.2, 0.25) is 0 Å². The van der Waals surface area contributed by atoms with E-state index in [9.17, 15) is 5.11 Å². The molecule has 5 rings (SSSR count). The lowest BCUT2D eigenvalue weighted by Gasteiger charge is -2.10. The van der Waals surface area contributed by atoms with Gasteiger partial charge in [-0.3, -0.25) is 4.40 Å². The number of nitrogens with zero attached hydrogens (tertiary/aromatic N) is 4. The van der Waals surface area contributed by atoms with Gasteiger partial charge in [-0.25, -0.2) is 9.97 Å². The fourth-order valence-corrected chi connectivity index (χ4v) is 4.00. The highest BCUT2D eigenvalue weighted by molar-refractivity contribution is 5.95. The van der Waals surface area contributed by atoms with E-state index in [2.05, 4.69) is 46.7 Å². The van der Waals surface area contributed by atoms with E-state index in [0.717, 1.165) is 51.9 Å². The number of fused-ring (bicyclic) bond motifs is 3. The second-order valence-electron chi connectivity index (χ2n) is 8.37. The van der Waals surface area contributed by atoms with Crippen LogP contribution in [0.4, 0.5) is 0 Å². The van der Waals surface area contributed by atoms with Gasteiger partial charge in [0.2, 0.25) is 5.88 Å². The maximum atomic E-state index is 9.68. The molecule has 0 saturated heterocycles. The van der Waals surface area contributed by atoms with E-state index in [4.69, 9.17) is 9.72 Å². The largest absolute Gasteiger partial charge is 0.508 e. The molecule has 6 nitrogen and oxygen atoms in total. The smallest absolute Gasteiger partial charge is 0.213 e. The Labute approximate surface area is 192 Å². The zero-order chi connectivity index (χ0) is 22.8. The van der Waals surface area contributed by atoms with E-state index in [1.165, 1.54) is 0 Å². The molecule has 166 valence electrons. The lowest BCUT2D eigenvalue weighted by Crippen LogP contribution is -2.15. The first kappa shape index (κ1) is 21.0. The van der Waals surface area contributed by atoms with Crippen LogP contribution in [-0.4, -0.2) is 51.6 Å². The number of hydrogen-bond donors (Lipinski definition) is 1. The van der Waals surface area contributed by atoms with Crippen molar-refractivity contribution in [3.63, 3.8) is 0 Å². The van der Waals surface area contributed by atoms with Gasteiger partial charge in [0.05, 0.1) is 17.6 Å². The van der Waals surface area contributed by atoms with Crippen molar-refractivity contribution in [1.82, 2.24) is 19.3 Å². The van der Waals surface area contributed by atoms with Gasteiger partial charge in [-0.2, -0.15) is 0 Å². The van der Waals surface area contributed by atoms with Gasteiger partial charge in [0, 0.05) is 41.7 Å². The standard InChI is InChI=1S/C27H26N4O2/c1-30(2)15-4-16-33-26-14-10-20(17-28-26)21-9-13-25-29-24-6-3-5-23(27(24)31(25)18-21)19-7-11-22(32)12-8-19/h3,5-14,17-18,32H,4,15-16H2,1-2H3. The normalized spacial score (nSPS) is 11.5. The number of para-hydroxylation sites is 1. The highest BCUT2D eigenvalue weighted by atomic mass is 16.5. The molecule has 0 unspecified atom stereocenters. The Hall–Kier alpha value is -3.90. The maximum absolute atomic E-state index is 9.68. The molecule has 33 heavy (non-hydrogen) atoms. The van der Waals surface area contributed by atoms with Crippen LogP contribution in [0.3, 0.4) is 0 Å². The second-order valence-corrected chi connectivity index (χ2v) is 8.37. The Bertz CT molecular complexity index is 1390. The van der Waals surface area contributed by atoms with Gasteiger partial charge in [0.15, 0.2) is 0 Å². The lowest BCUT2D eigenvalue weighted by atomic mass is 10.0. The monoisotopic (exact) mass is 438 g/mol. The molecule has 0 spiro atoms. The number of aromatic nitrogens is 3. The van der Waals surface area contributed by atoms with E-state index in [-0.39, 0.29) is 5.75 Å². The van der Waals surface area contributed by atoms with Gasteiger partial charge >= 0.3 is 0 Å². The van der Waals surface area contributed by atoms with Crippen LogP contribution >= 0.6 is 0 Å². The summed E-state index contributed by atoms with van der Waals surface area (Å²) in [5, 5.41) is 9.68. The molecular weight excluding hydrogens is 412 g/mol. The molecule has 0 fully saturated rings. The average molecular weight is 439 g/mol. The van der Waals surface area contributed by atoms with Crippen molar-refractivity contribution >= 4 is 16.7 Å². The van der Waals surface area contributed by atoms with Crippen LogP contribution in [0, 0.1) is 0 Å². The molecule has 0 aliphatic heterocycles. The highest BCUT2D eigenvalue weighted by Crippen LogP contribution is 2.31. The Morgan fingerprint density at radius 1 is 0.909 bits per heavy atom. The van der Waals surface area contributed by atoms with Gasteiger partial charge in [-0.15, -0.1) is 0 Å². The second kappa shape index (κ2) is 8.92. The zero-order valence-corrected chi connectivity index (χ0v) is 18.8. The minimum Gasteiger partial charge on any atom is -0.508 e. The van der Waals surface area contributed by atoms with Crippen molar-refractivity contribution in [2.45, 2.75) is 6.42 Å². The zero-order valence-electron chi connectivity index (χ0n) is 18.8. The quantitative estimate of drug-likeness (QED) is 0.352. The number of ether oxygens (including phenoxy) is 1. The van der Waals surface area contributed by atoms with Crippen LogP contribution in [0.5, 0.6) is 11.6 Å². The summed E-state index contributed by atoms with van der Waals surface area (Å²) in [5.74, 6) is 0.894. The van der Waals surface area contributed by atoms with E-state index in [1.54, 1.807) is 12.1 Å². The summed E-state index contributed by atoms with van der Waals surface area (Å²) in [6.45, 7) is 1.64. The summed E-state index contributed by atoms with van der Waals surface area (Å²) < 4.78 is 7.89.